The van der Waals surface area contributed by atoms with Crippen LogP contribution in [-0.4, -0.2) is 16.5 Å². The van der Waals surface area contributed by atoms with Crippen molar-refractivity contribution in [2.45, 2.75) is 24.8 Å². The average molecular weight is 377 g/mol. The zero-order valence-electron chi connectivity index (χ0n) is 15.2. The molecule has 4 aromatic rings. The summed E-state index contributed by atoms with van der Waals surface area (Å²) in [6.07, 6.45) is 0. The Hall–Kier alpha value is -2.86. The van der Waals surface area contributed by atoms with Crippen molar-refractivity contribution in [1.82, 2.24) is 9.97 Å². The molecule has 0 saturated carbocycles. The van der Waals surface area contributed by atoms with E-state index in [1.54, 1.807) is 6.07 Å². The molecule has 2 heterocycles. The number of fused-ring (bicyclic) bond motifs is 2. The molecule has 0 aliphatic heterocycles. The number of hydrogen-bond donors (Lipinski definition) is 1. The monoisotopic (exact) mass is 377 g/mol. The van der Waals surface area contributed by atoms with Crippen LogP contribution in [0.1, 0.15) is 18.1 Å². The Balaban J connectivity index is 1.70. The van der Waals surface area contributed by atoms with Gasteiger partial charge in [0.1, 0.15) is 11.4 Å². The van der Waals surface area contributed by atoms with Gasteiger partial charge < -0.3 is 9.73 Å². The molecule has 0 radical (unpaired) electrons. The minimum Gasteiger partial charge on any atom is -0.423 e. The van der Waals surface area contributed by atoms with Gasteiger partial charge in [0.2, 0.25) is 0 Å². The number of nitrogens with one attached hydrogen (secondary N) is 1. The molecule has 2 aromatic carbocycles. The predicted molar refractivity (Wildman–Crippen MR) is 110 cm³/mol. The summed E-state index contributed by atoms with van der Waals surface area (Å²) in [6, 6.07) is 15.4. The van der Waals surface area contributed by atoms with Crippen LogP contribution in [0.25, 0.3) is 21.9 Å². The Morgan fingerprint density at radius 3 is 2.78 bits per heavy atom. The Morgan fingerprint density at radius 1 is 1.07 bits per heavy atom. The molecule has 0 aliphatic rings. The number of thioether (sulfide) groups is 1. The molecule has 0 atom stereocenters. The van der Waals surface area contributed by atoms with Crippen molar-refractivity contribution in [2.75, 3.05) is 11.9 Å². The molecule has 1 N–H and O–H groups in total. The van der Waals surface area contributed by atoms with Gasteiger partial charge >= 0.3 is 5.63 Å². The number of anilines is 1. The van der Waals surface area contributed by atoms with E-state index in [1.807, 2.05) is 56.3 Å². The van der Waals surface area contributed by atoms with Crippen molar-refractivity contribution >= 4 is 39.5 Å². The van der Waals surface area contributed by atoms with Gasteiger partial charge in [-0.2, -0.15) is 0 Å². The number of nitrogens with zero attached hydrogens (tertiary/aromatic N) is 2. The van der Waals surface area contributed by atoms with Crippen molar-refractivity contribution in [1.29, 1.82) is 0 Å². The van der Waals surface area contributed by atoms with Crippen LogP contribution in [0, 0.1) is 6.92 Å². The smallest absolute Gasteiger partial charge is 0.336 e. The predicted octanol–water partition coefficient (Wildman–Crippen LogP) is 4.77. The molecule has 0 unspecified atom stereocenters. The largest absolute Gasteiger partial charge is 0.423 e. The summed E-state index contributed by atoms with van der Waals surface area (Å²) in [7, 11) is 0. The second-order valence-electron chi connectivity index (χ2n) is 6.28. The summed E-state index contributed by atoms with van der Waals surface area (Å²) in [5.74, 6) is 1.42. The van der Waals surface area contributed by atoms with Gasteiger partial charge in [-0.05, 0) is 43.2 Å². The van der Waals surface area contributed by atoms with Crippen molar-refractivity contribution < 1.29 is 4.42 Å². The second-order valence-corrected chi connectivity index (χ2v) is 7.22. The lowest BCUT2D eigenvalue weighted by Gasteiger charge is -2.10. The first-order valence-electron chi connectivity index (χ1n) is 8.81. The van der Waals surface area contributed by atoms with E-state index in [2.05, 4.69) is 15.3 Å². The number of aromatic nitrogens is 2. The van der Waals surface area contributed by atoms with Gasteiger partial charge in [-0.3, -0.25) is 0 Å². The summed E-state index contributed by atoms with van der Waals surface area (Å²) < 4.78 is 5.34. The zero-order valence-corrected chi connectivity index (χ0v) is 16.0. The third kappa shape index (κ3) is 3.66. The van der Waals surface area contributed by atoms with Crippen LogP contribution in [0.2, 0.25) is 0 Å². The van der Waals surface area contributed by atoms with Gasteiger partial charge in [0.05, 0.1) is 5.52 Å². The first-order chi connectivity index (χ1) is 13.1. The summed E-state index contributed by atoms with van der Waals surface area (Å²) in [4.78, 5) is 21.2. The lowest BCUT2D eigenvalue weighted by Crippen LogP contribution is -2.03. The van der Waals surface area contributed by atoms with E-state index >= 15 is 0 Å². The zero-order chi connectivity index (χ0) is 18.8. The first-order valence-corrected chi connectivity index (χ1v) is 9.79. The molecule has 27 heavy (non-hydrogen) atoms. The van der Waals surface area contributed by atoms with Crippen LogP contribution in [-0.2, 0) is 5.75 Å². The Kier molecular flexibility index (Phi) is 4.81. The molecular formula is C21H19N3O2S. The number of benzene rings is 2. The van der Waals surface area contributed by atoms with Gasteiger partial charge in [0.15, 0.2) is 5.16 Å². The van der Waals surface area contributed by atoms with E-state index < -0.39 is 0 Å². The summed E-state index contributed by atoms with van der Waals surface area (Å²) in [5, 5.41) is 5.93. The molecule has 0 fully saturated rings. The topological polar surface area (TPSA) is 68.0 Å². The van der Waals surface area contributed by atoms with E-state index in [1.165, 1.54) is 11.8 Å². The van der Waals surface area contributed by atoms with Crippen molar-refractivity contribution in [3.8, 4) is 0 Å². The van der Waals surface area contributed by atoms with Crippen LogP contribution in [0.4, 0.5) is 5.82 Å². The van der Waals surface area contributed by atoms with E-state index in [9.17, 15) is 4.79 Å². The summed E-state index contributed by atoms with van der Waals surface area (Å²) in [6.45, 7) is 4.81. The van der Waals surface area contributed by atoms with Gasteiger partial charge in [-0.25, -0.2) is 14.8 Å². The maximum absolute atomic E-state index is 11.9. The molecule has 6 heteroatoms. The van der Waals surface area contributed by atoms with Crippen molar-refractivity contribution in [3.63, 3.8) is 0 Å². The van der Waals surface area contributed by atoms with Crippen LogP contribution in [0.3, 0.4) is 0 Å². The third-order valence-electron chi connectivity index (χ3n) is 4.27. The minimum absolute atomic E-state index is 0.337. The SMILES string of the molecule is CCNc1nc(SCc2cc(=O)oc3cc(C)ccc23)nc2ccccc12. The minimum atomic E-state index is -0.337. The first kappa shape index (κ1) is 17.5. The molecule has 4 rings (SSSR count). The maximum Gasteiger partial charge on any atom is 0.336 e. The normalized spacial score (nSPS) is 11.2. The number of rotatable bonds is 5. The highest BCUT2D eigenvalue weighted by Crippen LogP contribution is 2.28. The standard InChI is InChI=1S/C21H19N3O2S/c1-3-22-20-16-6-4-5-7-17(16)23-21(24-20)27-12-14-11-19(25)26-18-10-13(2)8-9-15(14)18/h4-11H,3,12H2,1-2H3,(H,22,23,24). The van der Waals surface area contributed by atoms with Gasteiger partial charge in [0.25, 0.3) is 0 Å². The fraction of sp³-hybridized carbons (Fsp3) is 0.190. The lowest BCUT2D eigenvalue weighted by atomic mass is 10.1. The third-order valence-corrected chi connectivity index (χ3v) is 5.17. The number of para-hydroxylation sites is 1. The van der Waals surface area contributed by atoms with Crippen molar-refractivity contribution in [2.24, 2.45) is 0 Å². The number of hydrogen-bond acceptors (Lipinski definition) is 6. The van der Waals surface area contributed by atoms with E-state index in [0.717, 1.165) is 39.8 Å². The highest BCUT2D eigenvalue weighted by atomic mass is 32.2. The van der Waals surface area contributed by atoms with Crippen LogP contribution in [0.15, 0.2) is 62.9 Å². The van der Waals surface area contributed by atoms with Crippen LogP contribution in [0.5, 0.6) is 0 Å². The molecule has 0 amide bonds. The molecule has 2 aromatic heterocycles. The average Bonchev–Trinajstić information content (AvgIpc) is 2.66. The molecule has 0 aliphatic carbocycles. The van der Waals surface area contributed by atoms with Crippen LogP contribution >= 0.6 is 11.8 Å². The molecule has 0 spiro atoms. The summed E-state index contributed by atoms with van der Waals surface area (Å²) in [5.41, 5.74) is 3.16. The van der Waals surface area contributed by atoms with Gasteiger partial charge in [-0.15, -0.1) is 0 Å². The molecular weight excluding hydrogens is 358 g/mol. The maximum atomic E-state index is 11.9. The van der Waals surface area contributed by atoms with E-state index in [0.29, 0.717) is 16.5 Å². The second kappa shape index (κ2) is 7.40. The Morgan fingerprint density at radius 2 is 1.93 bits per heavy atom. The molecule has 5 nitrogen and oxygen atoms in total. The Labute approximate surface area is 160 Å². The van der Waals surface area contributed by atoms with Crippen LogP contribution < -0.4 is 10.9 Å². The lowest BCUT2D eigenvalue weighted by molar-refractivity contribution is 0.559. The highest BCUT2D eigenvalue weighted by Gasteiger charge is 2.10. The number of aryl methyl sites for hydroxylation is 1. The van der Waals surface area contributed by atoms with Gasteiger partial charge in [0, 0.05) is 29.1 Å². The Bertz CT molecular complexity index is 1190. The summed E-state index contributed by atoms with van der Waals surface area (Å²) >= 11 is 1.51. The quantitative estimate of drug-likeness (QED) is 0.307. The molecule has 0 bridgehead atoms. The highest BCUT2D eigenvalue weighted by molar-refractivity contribution is 7.98. The van der Waals surface area contributed by atoms with Gasteiger partial charge in [-0.1, -0.05) is 36.0 Å². The fourth-order valence-corrected chi connectivity index (χ4v) is 3.86. The molecule has 136 valence electrons. The van der Waals surface area contributed by atoms with E-state index in [4.69, 9.17) is 4.42 Å². The van der Waals surface area contributed by atoms with Crippen molar-refractivity contribution in [3.05, 3.63) is 70.1 Å². The molecule has 0 saturated heterocycles. The fourth-order valence-electron chi connectivity index (χ4n) is 3.02. The van der Waals surface area contributed by atoms with E-state index in [-0.39, 0.29) is 5.63 Å².